The molecule has 1 heterocycles. The highest BCUT2D eigenvalue weighted by Crippen LogP contribution is 1.84. The van der Waals surface area contributed by atoms with Crippen LogP contribution in [0.25, 0.3) is 0 Å². The standard InChI is InChI=1S/C5H7N5/c1-6-8-3-5-7-4-9-10(5)2/h3-4H,1H2,2H3/b8-3-. The summed E-state index contributed by atoms with van der Waals surface area (Å²) in [7, 11) is 1.78. The van der Waals surface area contributed by atoms with E-state index in [9.17, 15) is 0 Å². The van der Waals surface area contributed by atoms with Crippen LogP contribution in [-0.4, -0.2) is 27.7 Å². The second-order valence-electron chi connectivity index (χ2n) is 1.63. The third kappa shape index (κ3) is 1.25. The Morgan fingerprint density at radius 2 is 2.60 bits per heavy atom. The average molecular weight is 137 g/mol. The van der Waals surface area contributed by atoms with Gasteiger partial charge in [0, 0.05) is 13.8 Å². The number of aryl methyl sites for hydroxylation is 1. The lowest BCUT2D eigenvalue weighted by atomic mass is 10.7. The Balaban J connectivity index is 2.83. The largest absolute Gasteiger partial charge is 0.248 e. The van der Waals surface area contributed by atoms with Gasteiger partial charge in [-0.25, -0.2) is 9.67 Å². The number of rotatable bonds is 2. The van der Waals surface area contributed by atoms with Gasteiger partial charge in [0.2, 0.25) is 0 Å². The highest BCUT2D eigenvalue weighted by atomic mass is 15.3. The number of aromatic nitrogens is 3. The third-order valence-corrected chi connectivity index (χ3v) is 1.00. The van der Waals surface area contributed by atoms with Gasteiger partial charge in [0.15, 0.2) is 5.82 Å². The quantitative estimate of drug-likeness (QED) is 0.420. The van der Waals surface area contributed by atoms with Gasteiger partial charge in [-0.05, 0) is 0 Å². The maximum Gasteiger partial charge on any atom is 0.170 e. The summed E-state index contributed by atoms with van der Waals surface area (Å²) in [6.45, 7) is 3.18. The second-order valence-corrected chi connectivity index (χ2v) is 1.63. The maximum atomic E-state index is 3.87. The van der Waals surface area contributed by atoms with Crippen LogP contribution in [0.1, 0.15) is 5.82 Å². The van der Waals surface area contributed by atoms with Crippen LogP contribution in [0.4, 0.5) is 0 Å². The Bertz CT molecular complexity index is 248. The summed E-state index contributed by atoms with van der Waals surface area (Å²) in [4.78, 5) is 3.87. The van der Waals surface area contributed by atoms with E-state index in [0.717, 1.165) is 0 Å². The molecule has 0 radical (unpaired) electrons. The molecule has 5 nitrogen and oxygen atoms in total. The van der Waals surface area contributed by atoms with E-state index in [1.54, 1.807) is 11.7 Å². The van der Waals surface area contributed by atoms with E-state index in [-0.39, 0.29) is 0 Å². The van der Waals surface area contributed by atoms with Gasteiger partial charge in [-0.2, -0.15) is 15.3 Å². The molecule has 0 aromatic carbocycles. The summed E-state index contributed by atoms with van der Waals surface area (Å²) in [6.07, 6.45) is 2.93. The highest BCUT2D eigenvalue weighted by molar-refractivity contribution is 5.74. The summed E-state index contributed by atoms with van der Waals surface area (Å²) < 4.78 is 1.59. The van der Waals surface area contributed by atoms with Crippen molar-refractivity contribution in [3.05, 3.63) is 12.2 Å². The van der Waals surface area contributed by atoms with Crippen molar-refractivity contribution in [3.63, 3.8) is 0 Å². The zero-order valence-electron chi connectivity index (χ0n) is 5.60. The van der Waals surface area contributed by atoms with Gasteiger partial charge in [-0.15, -0.1) is 0 Å². The van der Waals surface area contributed by atoms with Gasteiger partial charge < -0.3 is 0 Å². The fourth-order valence-electron chi connectivity index (χ4n) is 0.514. The average Bonchev–Trinajstić information content (AvgIpc) is 2.31. The van der Waals surface area contributed by atoms with Crippen LogP contribution in [-0.2, 0) is 7.05 Å². The van der Waals surface area contributed by atoms with Crippen molar-refractivity contribution in [2.24, 2.45) is 17.3 Å². The van der Waals surface area contributed by atoms with Crippen LogP contribution >= 0.6 is 0 Å². The molecular formula is C5H7N5. The molecule has 1 rings (SSSR count). The Labute approximate surface area is 58.1 Å². The lowest BCUT2D eigenvalue weighted by Gasteiger charge is -1.87. The highest BCUT2D eigenvalue weighted by Gasteiger charge is 1.92. The van der Waals surface area contributed by atoms with E-state index < -0.39 is 0 Å². The van der Waals surface area contributed by atoms with Gasteiger partial charge in [-0.1, -0.05) is 0 Å². The first-order chi connectivity index (χ1) is 4.84. The molecule has 0 fully saturated rings. The summed E-state index contributed by atoms with van der Waals surface area (Å²) in [5.74, 6) is 0.660. The molecule has 1 aromatic heterocycles. The van der Waals surface area contributed by atoms with Crippen molar-refractivity contribution in [1.82, 2.24) is 14.8 Å². The Morgan fingerprint density at radius 1 is 1.80 bits per heavy atom. The molecule has 0 unspecified atom stereocenters. The molecule has 5 heteroatoms. The van der Waals surface area contributed by atoms with E-state index in [1.165, 1.54) is 12.5 Å². The van der Waals surface area contributed by atoms with Crippen molar-refractivity contribution in [2.75, 3.05) is 0 Å². The summed E-state index contributed by atoms with van der Waals surface area (Å²) in [5.41, 5.74) is 0. The van der Waals surface area contributed by atoms with Gasteiger partial charge >= 0.3 is 0 Å². The van der Waals surface area contributed by atoms with Crippen molar-refractivity contribution in [2.45, 2.75) is 0 Å². The van der Waals surface area contributed by atoms with Crippen molar-refractivity contribution in [1.29, 1.82) is 0 Å². The van der Waals surface area contributed by atoms with Crippen LogP contribution in [0.5, 0.6) is 0 Å². The minimum atomic E-state index is 0.660. The third-order valence-electron chi connectivity index (χ3n) is 1.00. The molecule has 10 heavy (non-hydrogen) atoms. The number of nitrogens with zero attached hydrogens (tertiary/aromatic N) is 5. The van der Waals surface area contributed by atoms with Crippen molar-refractivity contribution < 1.29 is 0 Å². The maximum absolute atomic E-state index is 3.87. The fraction of sp³-hybridized carbons (Fsp3) is 0.200. The molecule has 0 N–H and O–H groups in total. The Morgan fingerprint density at radius 3 is 3.10 bits per heavy atom. The number of hydrogen-bond donors (Lipinski definition) is 0. The normalized spacial score (nSPS) is 10.5. The lowest BCUT2D eigenvalue weighted by Crippen LogP contribution is -1.97. The molecule has 0 saturated heterocycles. The van der Waals surface area contributed by atoms with E-state index >= 15 is 0 Å². The zero-order valence-corrected chi connectivity index (χ0v) is 5.60. The molecule has 0 atom stereocenters. The van der Waals surface area contributed by atoms with Crippen molar-refractivity contribution in [3.8, 4) is 0 Å². The van der Waals surface area contributed by atoms with E-state index in [1.807, 2.05) is 0 Å². The van der Waals surface area contributed by atoms with Gasteiger partial charge in [0.25, 0.3) is 0 Å². The van der Waals surface area contributed by atoms with Crippen LogP contribution in [0.15, 0.2) is 16.5 Å². The molecule has 1 aromatic rings. The molecule has 0 aliphatic rings. The van der Waals surface area contributed by atoms with E-state index in [4.69, 9.17) is 0 Å². The van der Waals surface area contributed by atoms with Crippen LogP contribution < -0.4 is 0 Å². The first kappa shape index (κ1) is 6.60. The molecule has 0 saturated carbocycles. The monoisotopic (exact) mass is 137 g/mol. The first-order valence-electron chi connectivity index (χ1n) is 2.67. The topological polar surface area (TPSA) is 55.4 Å². The molecule has 0 aliphatic heterocycles. The van der Waals surface area contributed by atoms with Gasteiger partial charge in [0.1, 0.15) is 6.33 Å². The fourth-order valence-corrected chi connectivity index (χ4v) is 0.514. The van der Waals surface area contributed by atoms with Gasteiger partial charge in [0.05, 0.1) is 6.21 Å². The molecule has 0 amide bonds. The smallest absolute Gasteiger partial charge is 0.170 e. The van der Waals surface area contributed by atoms with Crippen LogP contribution in [0.2, 0.25) is 0 Å². The van der Waals surface area contributed by atoms with E-state index in [2.05, 4.69) is 27.0 Å². The van der Waals surface area contributed by atoms with Crippen LogP contribution in [0, 0.1) is 0 Å². The SMILES string of the molecule is C=N/N=C\c1ncnn1C. The zero-order chi connectivity index (χ0) is 7.40. The minimum absolute atomic E-state index is 0.660. The van der Waals surface area contributed by atoms with Crippen LogP contribution in [0.3, 0.4) is 0 Å². The van der Waals surface area contributed by atoms with Crippen molar-refractivity contribution >= 4 is 12.9 Å². The molecule has 0 bridgehead atoms. The molecule has 52 valence electrons. The van der Waals surface area contributed by atoms with Gasteiger partial charge in [-0.3, -0.25) is 0 Å². The molecule has 0 aliphatic carbocycles. The first-order valence-corrected chi connectivity index (χ1v) is 2.67. The minimum Gasteiger partial charge on any atom is -0.248 e. The Kier molecular flexibility index (Phi) is 1.89. The molecular weight excluding hydrogens is 130 g/mol. The predicted molar refractivity (Wildman–Crippen MR) is 38.1 cm³/mol. The second kappa shape index (κ2) is 2.86. The summed E-state index contributed by atoms with van der Waals surface area (Å²) >= 11 is 0. The lowest BCUT2D eigenvalue weighted by molar-refractivity contribution is 0.759. The summed E-state index contributed by atoms with van der Waals surface area (Å²) in [6, 6.07) is 0. The predicted octanol–water partition coefficient (Wildman–Crippen LogP) is -0.150. The summed E-state index contributed by atoms with van der Waals surface area (Å²) in [5, 5.41) is 10.7. The number of hydrogen-bond acceptors (Lipinski definition) is 4. The Hall–Kier alpha value is -1.52. The van der Waals surface area contributed by atoms with E-state index in [0.29, 0.717) is 5.82 Å². The molecule has 0 spiro atoms.